The Hall–Kier alpha value is -1.29. The zero-order valence-electron chi connectivity index (χ0n) is 9.48. The van der Waals surface area contributed by atoms with Crippen LogP contribution in [-0.2, 0) is 6.54 Å². The summed E-state index contributed by atoms with van der Waals surface area (Å²) in [5.74, 6) is 0.367. The average molecular weight is 213 g/mol. The van der Waals surface area contributed by atoms with E-state index in [4.69, 9.17) is 15.2 Å². The van der Waals surface area contributed by atoms with Crippen molar-refractivity contribution in [3.05, 3.63) is 22.5 Å². The monoisotopic (exact) mass is 213 g/mol. The third-order valence-electron chi connectivity index (χ3n) is 2.55. The number of methoxy groups -OCH3 is 2. The number of halogens is 1. The Morgan fingerprint density at radius 2 is 1.60 bits per heavy atom. The van der Waals surface area contributed by atoms with E-state index in [1.807, 2.05) is 0 Å². The lowest BCUT2D eigenvalue weighted by Gasteiger charge is -2.17. The van der Waals surface area contributed by atoms with E-state index in [9.17, 15) is 4.39 Å². The molecule has 0 atom stereocenters. The Morgan fingerprint density at radius 1 is 1.07 bits per heavy atom. The Balaban J connectivity index is 3.57. The molecule has 0 radical (unpaired) electrons. The fourth-order valence-electron chi connectivity index (χ4n) is 1.73. The fourth-order valence-corrected chi connectivity index (χ4v) is 1.73. The summed E-state index contributed by atoms with van der Waals surface area (Å²) in [5, 5.41) is 0. The van der Waals surface area contributed by atoms with Gasteiger partial charge in [-0.25, -0.2) is 4.39 Å². The van der Waals surface area contributed by atoms with E-state index in [1.54, 1.807) is 13.8 Å². The molecule has 15 heavy (non-hydrogen) atoms. The second-order valence-corrected chi connectivity index (χ2v) is 3.31. The lowest BCUT2D eigenvalue weighted by molar-refractivity contribution is 0.367. The topological polar surface area (TPSA) is 44.5 Å². The Labute approximate surface area is 89.0 Å². The van der Waals surface area contributed by atoms with Crippen molar-refractivity contribution in [1.29, 1.82) is 0 Å². The van der Waals surface area contributed by atoms with Crippen molar-refractivity contribution in [3.63, 3.8) is 0 Å². The van der Waals surface area contributed by atoms with Crippen LogP contribution in [0.4, 0.5) is 4.39 Å². The molecule has 0 amide bonds. The van der Waals surface area contributed by atoms with E-state index in [0.717, 1.165) is 5.56 Å². The van der Waals surface area contributed by atoms with Crippen LogP contribution in [0.1, 0.15) is 16.7 Å². The first kappa shape index (κ1) is 11.8. The number of hydrogen-bond acceptors (Lipinski definition) is 3. The molecular formula is C11H16FNO2. The highest BCUT2D eigenvalue weighted by Crippen LogP contribution is 2.36. The van der Waals surface area contributed by atoms with Crippen molar-refractivity contribution in [2.45, 2.75) is 20.4 Å². The Bertz CT molecular complexity index is 378. The molecule has 4 heteroatoms. The molecule has 0 aromatic heterocycles. The van der Waals surface area contributed by atoms with Gasteiger partial charge in [-0.05, 0) is 13.8 Å². The summed E-state index contributed by atoms with van der Waals surface area (Å²) < 4.78 is 23.9. The predicted octanol–water partition coefficient (Wildman–Crippen LogP) is 1.92. The molecule has 3 nitrogen and oxygen atoms in total. The molecule has 1 aromatic carbocycles. The number of benzene rings is 1. The third-order valence-corrected chi connectivity index (χ3v) is 2.55. The number of hydrogen-bond donors (Lipinski definition) is 1. The smallest absolute Gasteiger partial charge is 0.171 e. The Kier molecular flexibility index (Phi) is 3.52. The van der Waals surface area contributed by atoms with Gasteiger partial charge in [-0.15, -0.1) is 0 Å². The number of nitrogens with two attached hydrogens (primary N) is 1. The standard InChI is InChI=1S/C11H16FNO2/c1-6-8(5-13)10(14-3)7(2)9(12)11(6)15-4/h5,13H2,1-4H3. The van der Waals surface area contributed by atoms with Gasteiger partial charge in [-0.1, -0.05) is 0 Å². The van der Waals surface area contributed by atoms with Gasteiger partial charge in [0.05, 0.1) is 14.2 Å². The molecule has 0 aliphatic heterocycles. The fraction of sp³-hybridized carbons (Fsp3) is 0.455. The Morgan fingerprint density at radius 3 is 2.00 bits per heavy atom. The van der Waals surface area contributed by atoms with Gasteiger partial charge in [0.2, 0.25) is 0 Å². The molecule has 0 saturated heterocycles. The second-order valence-electron chi connectivity index (χ2n) is 3.31. The van der Waals surface area contributed by atoms with E-state index in [2.05, 4.69) is 0 Å². The minimum Gasteiger partial charge on any atom is -0.496 e. The molecule has 0 saturated carbocycles. The lowest BCUT2D eigenvalue weighted by atomic mass is 10.0. The minimum absolute atomic E-state index is 0.244. The molecule has 0 unspecified atom stereocenters. The summed E-state index contributed by atoms with van der Waals surface area (Å²) in [6, 6.07) is 0. The third kappa shape index (κ3) is 1.77. The van der Waals surface area contributed by atoms with Crippen molar-refractivity contribution < 1.29 is 13.9 Å². The molecule has 1 rings (SSSR count). The normalized spacial score (nSPS) is 10.3. The van der Waals surface area contributed by atoms with Crippen molar-refractivity contribution >= 4 is 0 Å². The van der Waals surface area contributed by atoms with Gasteiger partial charge in [-0.2, -0.15) is 0 Å². The maximum atomic E-state index is 13.8. The van der Waals surface area contributed by atoms with Gasteiger partial charge < -0.3 is 15.2 Å². The molecule has 1 aromatic rings. The molecule has 84 valence electrons. The van der Waals surface area contributed by atoms with Gasteiger partial charge in [0, 0.05) is 23.2 Å². The summed E-state index contributed by atoms with van der Waals surface area (Å²) in [6.45, 7) is 3.72. The zero-order valence-corrected chi connectivity index (χ0v) is 9.48. The van der Waals surface area contributed by atoms with E-state index in [-0.39, 0.29) is 11.6 Å². The molecule has 0 heterocycles. The zero-order chi connectivity index (χ0) is 11.6. The first-order valence-corrected chi connectivity index (χ1v) is 4.68. The van der Waals surface area contributed by atoms with Crippen LogP contribution in [0.3, 0.4) is 0 Å². The molecular weight excluding hydrogens is 197 g/mol. The largest absolute Gasteiger partial charge is 0.496 e. The summed E-state index contributed by atoms with van der Waals surface area (Å²) in [5.41, 5.74) is 7.52. The number of rotatable bonds is 3. The number of ether oxygens (including phenoxy) is 2. The van der Waals surface area contributed by atoms with Crippen molar-refractivity contribution in [1.82, 2.24) is 0 Å². The minimum atomic E-state index is -0.385. The first-order chi connectivity index (χ1) is 7.08. The van der Waals surface area contributed by atoms with Crippen LogP contribution in [-0.4, -0.2) is 14.2 Å². The first-order valence-electron chi connectivity index (χ1n) is 4.68. The highest BCUT2D eigenvalue weighted by molar-refractivity contribution is 5.53. The van der Waals surface area contributed by atoms with E-state index >= 15 is 0 Å². The van der Waals surface area contributed by atoms with Crippen LogP contribution in [0.5, 0.6) is 11.5 Å². The van der Waals surface area contributed by atoms with E-state index in [1.165, 1.54) is 14.2 Å². The molecule has 0 aliphatic rings. The molecule has 0 spiro atoms. The molecule has 0 bridgehead atoms. The van der Waals surface area contributed by atoms with Gasteiger partial charge >= 0.3 is 0 Å². The van der Waals surface area contributed by atoms with Crippen molar-refractivity contribution in [3.8, 4) is 11.5 Å². The molecule has 2 N–H and O–H groups in total. The highest BCUT2D eigenvalue weighted by atomic mass is 19.1. The SMILES string of the molecule is COc1c(C)c(CN)c(OC)c(C)c1F. The second kappa shape index (κ2) is 4.49. The van der Waals surface area contributed by atoms with Crippen LogP contribution < -0.4 is 15.2 Å². The summed E-state index contributed by atoms with van der Waals surface area (Å²) in [6.07, 6.45) is 0. The molecule has 0 fully saturated rings. The maximum Gasteiger partial charge on any atom is 0.171 e. The van der Waals surface area contributed by atoms with E-state index < -0.39 is 0 Å². The summed E-state index contributed by atoms with van der Waals surface area (Å²) >= 11 is 0. The average Bonchev–Trinajstić information content (AvgIpc) is 2.23. The van der Waals surface area contributed by atoms with Crippen LogP contribution in [0.15, 0.2) is 0 Å². The maximum absolute atomic E-state index is 13.8. The van der Waals surface area contributed by atoms with Crippen molar-refractivity contribution in [2.75, 3.05) is 14.2 Å². The predicted molar refractivity (Wildman–Crippen MR) is 56.9 cm³/mol. The van der Waals surface area contributed by atoms with Crippen LogP contribution in [0.25, 0.3) is 0 Å². The lowest BCUT2D eigenvalue weighted by Crippen LogP contribution is -2.08. The summed E-state index contributed by atoms with van der Waals surface area (Å²) in [4.78, 5) is 0. The van der Waals surface area contributed by atoms with Gasteiger partial charge in [0.25, 0.3) is 0 Å². The van der Waals surface area contributed by atoms with Gasteiger partial charge in [-0.3, -0.25) is 0 Å². The van der Waals surface area contributed by atoms with Gasteiger partial charge in [0.1, 0.15) is 5.75 Å². The van der Waals surface area contributed by atoms with E-state index in [0.29, 0.717) is 23.4 Å². The highest BCUT2D eigenvalue weighted by Gasteiger charge is 2.19. The van der Waals surface area contributed by atoms with Crippen LogP contribution in [0.2, 0.25) is 0 Å². The van der Waals surface area contributed by atoms with Gasteiger partial charge in [0.15, 0.2) is 11.6 Å². The quantitative estimate of drug-likeness (QED) is 0.834. The van der Waals surface area contributed by atoms with Crippen LogP contribution >= 0.6 is 0 Å². The summed E-state index contributed by atoms with van der Waals surface area (Å²) in [7, 11) is 2.95. The van der Waals surface area contributed by atoms with Crippen molar-refractivity contribution in [2.24, 2.45) is 5.73 Å². The molecule has 0 aliphatic carbocycles. The van der Waals surface area contributed by atoms with Crippen LogP contribution in [0, 0.1) is 19.7 Å².